The number of alkyl carbamates (subject to hydrolysis) is 1. The molecule has 0 radical (unpaired) electrons. The first kappa shape index (κ1) is 45.2. The van der Waals surface area contributed by atoms with E-state index in [0.29, 0.717) is 19.4 Å². The van der Waals surface area contributed by atoms with E-state index in [2.05, 4.69) is 26.6 Å². The van der Waals surface area contributed by atoms with Gasteiger partial charge < -0.3 is 36.4 Å². The smallest absolute Gasteiger partial charge is 0.408 e. The highest BCUT2D eigenvalue weighted by Crippen LogP contribution is 2.15. The van der Waals surface area contributed by atoms with Crippen molar-refractivity contribution in [3.05, 3.63) is 108 Å². The lowest BCUT2D eigenvalue weighted by molar-refractivity contribution is -0.132. The SMILES string of the molecule is CC(C)CC(NC(=O)CC(O)C(CC(C)C)NC(=O)C(Cc1ccccc1)NC(=O)C(Cc1ccccc1)NC(=O)OC(C)(C)C)C(=O)NCc1ccccc1. The van der Waals surface area contributed by atoms with Crippen molar-refractivity contribution in [2.75, 3.05) is 0 Å². The highest BCUT2D eigenvalue weighted by molar-refractivity contribution is 5.92. The Morgan fingerprint density at radius 3 is 1.54 bits per heavy atom. The van der Waals surface area contributed by atoms with Gasteiger partial charge in [0.1, 0.15) is 23.7 Å². The molecule has 0 saturated carbocycles. The second-order valence-corrected chi connectivity index (χ2v) is 16.1. The molecule has 5 atom stereocenters. The molecule has 5 amide bonds. The number of benzene rings is 3. The molecule has 56 heavy (non-hydrogen) atoms. The summed E-state index contributed by atoms with van der Waals surface area (Å²) >= 11 is 0. The molecule has 0 bridgehead atoms. The fraction of sp³-hybridized carbons (Fsp3) is 0.477. The molecule has 3 aromatic rings. The Morgan fingerprint density at radius 2 is 1.05 bits per heavy atom. The quantitative estimate of drug-likeness (QED) is 0.0940. The van der Waals surface area contributed by atoms with Crippen molar-refractivity contribution in [1.29, 1.82) is 0 Å². The summed E-state index contributed by atoms with van der Waals surface area (Å²) in [4.78, 5) is 67.5. The van der Waals surface area contributed by atoms with Gasteiger partial charge in [-0.2, -0.15) is 0 Å². The zero-order valence-corrected chi connectivity index (χ0v) is 33.8. The second kappa shape index (κ2) is 22.4. The molecule has 0 fully saturated rings. The summed E-state index contributed by atoms with van der Waals surface area (Å²) in [5, 5.41) is 25.5. The van der Waals surface area contributed by atoms with E-state index >= 15 is 0 Å². The van der Waals surface area contributed by atoms with E-state index in [-0.39, 0.29) is 37.0 Å². The lowest BCUT2D eigenvalue weighted by atomic mass is 9.95. The summed E-state index contributed by atoms with van der Waals surface area (Å²) in [6.45, 7) is 13.2. The molecule has 0 heterocycles. The lowest BCUT2D eigenvalue weighted by Gasteiger charge is -2.29. The second-order valence-electron chi connectivity index (χ2n) is 16.1. The number of carbonyl (C=O) groups is 5. The Hall–Kier alpha value is -5.23. The number of aliphatic hydroxyl groups is 1. The Labute approximate surface area is 331 Å². The van der Waals surface area contributed by atoms with Gasteiger partial charge in [0.15, 0.2) is 0 Å². The van der Waals surface area contributed by atoms with Crippen molar-refractivity contribution in [3.8, 4) is 0 Å². The largest absolute Gasteiger partial charge is 0.444 e. The number of aliphatic hydroxyl groups excluding tert-OH is 1. The number of amides is 5. The fourth-order valence-electron chi connectivity index (χ4n) is 6.14. The molecular formula is C44H61N5O7. The molecular weight excluding hydrogens is 711 g/mol. The molecule has 0 aliphatic rings. The molecule has 0 spiro atoms. The van der Waals surface area contributed by atoms with Crippen molar-refractivity contribution in [2.45, 2.75) is 123 Å². The van der Waals surface area contributed by atoms with Crippen LogP contribution in [0, 0.1) is 11.8 Å². The van der Waals surface area contributed by atoms with Gasteiger partial charge in [0.2, 0.25) is 23.6 Å². The average Bonchev–Trinajstić information content (AvgIpc) is 3.12. The minimum atomic E-state index is -1.30. The van der Waals surface area contributed by atoms with E-state index < -0.39 is 59.7 Å². The molecule has 0 aliphatic heterocycles. The van der Waals surface area contributed by atoms with Crippen molar-refractivity contribution in [3.63, 3.8) is 0 Å². The molecule has 3 rings (SSSR count). The number of hydrogen-bond acceptors (Lipinski definition) is 7. The number of nitrogens with one attached hydrogen (secondary N) is 5. The predicted molar refractivity (Wildman–Crippen MR) is 217 cm³/mol. The van der Waals surface area contributed by atoms with Crippen molar-refractivity contribution < 1.29 is 33.8 Å². The van der Waals surface area contributed by atoms with Crippen LogP contribution in [0.3, 0.4) is 0 Å². The summed E-state index contributed by atoms with van der Waals surface area (Å²) in [5.41, 5.74) is 1.68. The highest BCUT2D eigenvalue weighted by atomic mass is 16.6. The Morgan fingerprint density at radius 1 is 0.589 bits per heavy atom. The first-order chi connectivity index (χ1) is 26.5. The van der Waals surface area contributed by atoms with Crippen molar-refractivity contribution >= 4 is 29.7 Å². The maximum absolute atomic E-state index is 14.1. The third-order valence-corrected chi connectivity index (χ3v) is 8.79. The van der Waals surface area contributed by atoms with Crippen LogP contribution in [-0.2, 0) is 43.3 Å². The van der Waals surface area contributed by atoms with Crippen LogP contribution in [0.5, 0.6) is 0 Å². The van der Waals surface area contributed by atoms with Gasteiger partial charge in [-0.15, -0.1) is 0 Å². The standard InChI is InChI=1S/C44H61N5O7/c1-29(2)23-34(38(50)27-39(51)46-35(24-30(3)4)40(52)45-28-33-21-15-10-16-22-33)47-41(53)36(25-31-17-11-8-12-18-31)48-42(54)37(26-32-19-13-9-14-20-32)49-43(55)56-44(5,6)7/h8-22,29-30,34-38,50H,23-28H2,1-7H3,(H,45,52)(H,46,51)(H,47,53)(H,48,54)(H,49,55). The average molecular weight is 772 g/mol. The van der Waals surface area contributed by atoms with E-state index in [1.54, 1.807) is 20.8 Å². The van der Waals surface area contributed by atoms with E-state index in [1.165, 1.54) is 0 Å². The van der Waals surface area contributed by atoms with Crippen molar-refractivity contribution in [1.82, 2.24) is 26.6 Å². The highest BCUT2D eigenvalue weighted by Gasteiger charge is 2.32. The minimum absolute atomic E-state index is 0.0194. The Kier molecular flexibility index (Phi) is 18.0. The van der Waals surface area contributed by atoms with E-state index in [0.717, 1.165) is 16.7 Å². The first-order valence-corrected chi connectivity index (χ1v) is 19.5. The van der Waals surface area contributed by atoms with E-state index in [4.69, 9.17) is 4.74 Å². The lowest BCUT2D eigenvalue weighted by Crippen LogP contribution is -2.58. The molecule has 0 aliphatic carbocycles. The zero-order chi connectivity index (χ0) is 41.3. The van der Waals surface area contributed by atoms with Crippen molar-refractivity contribution in [2.24, 2.45) is 11.8 Å². The van der Waals surface area contributed by atoms with Gasteiger partial charge in [-0.25, -0.2) is 4.79 Å². The van der Waals surface area contributed by atoms with Crippen LogP contribution in [0.2, 0.25) is 0 Å². The van der Waals surface area contributed by atoms with E-state index in [9.17, 15) is 29.1 Å². The molecule has 0 aromatic heterocycles. The molecule has 3 aromatic carbocycles. The molecule has 6 N–H and O–H groups in total. The van der Waals surface area contributed by atoms with Crippen LogP contribution in [0.15, 0.2) is 91.0 Å². The van der Waals surface area contributed by atoms with Gasteiger partial charge in [0, 0.05) is 19.4 Å². The van der Waals surface area contributed by atoms with Gasteiger partial charge in [-0.05, 0) is 62.1 Å². The van der Waals surface area contributed by atoms with Gasteiger partial charge in [0.25, 0.3) is 0 Å². The fourth-order valence-corrected chi connectivity index (χ4v) is 6.14. The maximum atomic E-state index is 14.1. The van der Waals surface area contributed by atoms with Gasteiger partial charge >= 0.3 is 6.09 Å². The van der Waals surface area contributed by atoms with Crippen LogP contribution in [0.1, 0.15) is 84.4 Å². The Bertz CT molecular complexity index is 1680. The first-order valence-electron chi connectivity index (χ1n) is 19.5. The molecule has 304 valence electrons. The molecule has 5 unspecified atom stereocenters. The number of carbonyl (C=O) groups excluding carboxylic acids is 5. The summed E-state index contributed by atoms with van der Waals surface area (Å²) in [6.07, 6.45) is -1.48. The topological polar surface area (TPSA) is 175 Å². The van der Waals surface area contributed by atoms with E-state index in [1.807, 2.05) is 119 Å². The summed E-state index contributed by atoms with van der Waals surface area (Å²) in [6, 6.07) is 23.9. The third-order valence-electron chi connectivity index (χ3n) is 8.79. The third kappa shape index (κ3) is 17.1. The Balaban J connectivity index is 1.78. The predicted octanol–water partition coefficient (Wildman–Crippen LogP) is 4.98. The minimum Gasteiger partial charge on any atom is -0.444 e. The number of ether oxygens (including phenoxy) is 1. The normalized spacial score (nSPS) is 14.1. The number of hydrogen-bond donors (Lipinski definition) is 6. The van der Waals surface area contributed by atoms with Crippen LogP contribution in [-0.4, -0.2) is 70.7 Å². The monoisotopic (exact) mass is 771 g/mol. The summed E-state index contributed by atoms with van der Waals surface area (Å²) < 4.78 is 5.45. The van der Waals surface area contributed by atoms with Crippen LogP contribution in [0.25, 0.3) is 0 Å². The zero-order valence-electron chi connectivity index (χ0n) is 33.8. The molecule has 0 saturated heterocycles. The molecule has 12 nitrogen and oxygen atoms in total. The van der Waals surface area contributed by atoms with Gasteiger partial charge in [0.05, 0.1) is 18.6 Å². The summed E-state index contributed by atoms with van der Waals surface area (Å²) in [7, 11) is 0. The van der Waals surface area contributed by atoms with Gasteiger partial charge in [-0.1, -0.05) is 119 Å². The summed E-state index contributed by atoms with van der Waals surface area (Å²) in [5.74, 6) is -1.91. The van der Waals surface area contributed by atoms with Crippen LogP contribution in [0.4, 0.5) is 4.79 Å². The number of rotatable bonds is 20. The maximum Gasteiger partial charge on any atom is 0.408 e. The van der Waals surface area contributed by atoms with Gasteiger partial charge in [-0.3, -0.25) is 19.2 Å². The van der Waals surface area contributed by atoms with Crippen LogP contribution < -0.4 is 26.6 Å². The van der Waals surface area contributed by atoms with Crippen LogP contribution >= 0.6 is 0 Å². The molecule has 12 heteroatoms.